The van der Waals surface area contributed by atoms with Crippen molar-refractivity contribution in [2.24, 2.45) is 5.14 Å². The van der Waals surface area contributed by atoms with E-state index in [-0.39, 0.29) is 23.4 Å². The van der Waals surface area contributed by atoms with Crippen LogP contribution in [0.2, 0.25) is 0 Å². The average Bonchev–Trinajstić information content (AvgIpc) is 3.09. The van der Waals surface area contributed by atoms with Gasteiger partial charge in [0.05, 0.1) is 17.1 Å². The van der Waals surface area contributed by atoms with Gasteiger partial charge >= 0.3 is 0 Å². The summed E-state index contributed by atoms with van der Waals surface area (Å²) in [5, 5.41) is 5.25. The molecule has 7 nitrogen and oxygen atoms in total. The molecule has 2 N–H and O–H groups in total. The molecule has 0 aromatic heterocycles. The number of likely N-dealkylation sites (N-methyl/N-ethyl adjacent to an activating group) is 1. The Hall–Kier alpha value is -3.36. The summed E-state index contributed by atoms with van der Waals surface area (Å²) >= 11 is 0. The van der Waals surface area contributed by atoms with Crippen LogP contribution in [0.1, 0.15) is 12.5 Å². The summed E-state index contributed by atoms with van der Waals surface area (Å²) in [4.78, 5) is 16.9. The number of hydrogen-bond acceptors (Lipinski definition) is 5. The minimum atomic E-state index is -3.79. The third kappa shape index (κ3) is 4.46. The van der Waals surface area contributed by atoms with Crippen molar-refractivity contribution in [1.82, 2.24) is 0 Å². The van der Waals surface area contributed by atoms with Gasteiger partial charge in [-0.15, -0.1) is 0 Å². The quantitative estimate of drug-likeness (QED) is 0.619. The molecule has 1 heterocycles. The van der Waals surface area contributed by atoms with Gasteiger partial charge in [-0.25, -0.2) is 13.6 Å². The van der Waals surface area contributed by atoms with Crippen LogP contribution in [0.4, 0.5) is 11.4 Å². The molecule has 0 bridgehead atoms. The van der Waals surface area contributed by atoms with E-state index in [0.717, 1.165) is 16.9 Å². The maximum absolute atomic E-state index is 13.3. The van der Waals surface area contributed by atoms with Crippen molar-refractivity contribution >= 4 is 27.3 Å². The van der Waals surface area contributed by atoms with E-state index in [0.29, 0.717) is 17.9 Å². The maximum atomic E-state index is 13.3. The first-order valence-corrected chi connectivity index (χ1v) is 11.8. The molecule has 1 aliphatic heterocycles. The lowest BCUT2D eigenvalue weighted by Gasteiger charge is -2.27. The third-order valence-corrected chi connectivity index (χ3v) is 6.39. The van der Waals surface area contributed by atoms with Crippen molar-refractivity contribution in [2.75, 3.05) is 23.4 Å². The van der Waals surface area contributed by atoms with Crippen molar-refractivity contribution in [2.45, 2.75) is 24.3 Å². The van der Waals surface area contributed by atoms with Gasteiger partial charge in [0, 0.05) is 18.8 Å². The van der Waals surface area contributed by atoms with Gasteiger partial charge in [0.25, 0.3) is 0 Å². The van der Waals surface area contributed by atoms with Crippen LogP contribution in [-0.4, -0.2) is 34.0 Å². The summed E-state index contributed by atoms with van der Waals surface area (Å²) < 4.78 is 29.4. The molecular weight excluding hydrogens is 426 g/mol. The summed E-state index contributed by atoms with van der Waals surface area (Å²) in [5.74, 6) is 1.28. The smallest absolute Gasteiger partial charge is 0.246 e. The van der Waals surface area contributed by atoms with Crippen molar-refractivity contribution in [3.8, 4) is 11.5 Å². The number of nitrogens with zero attached hydrogens (tertiary/aromatic N) is 2. The fourth-order valence-corrected chi connectivity index (χ4v) is 4.57. The predicted molar refractivity (Wildman–Crippen MR) is 125 cm³/mol. The number of anilines is 2. The number of nitrogens with two attached hydrogens (primary N) is 1. The van der Waals surface area contributed by atoms with Crippen LogP contribution in [0.5, 0.6) is 11.5 Å². The Bertz CT molecular complexity index is 1250. The zero-order chi connectivity index (χ0) is 22.9. The molecule has 3 aromatic rings. The number of rotatable bonds is 6. The van der Waals surface area contributed by atoms with E-state index >= 15 is 0 Å². The average molecular weight is 452 g/mol. The zero-order valence-electron chi connectivity index (χ0n) is 17.9. The molecule has 4 rings (SSSR count). The Morgan fingerprint density at radius 1 is 1.09 bits per heavy atom. The van der Waals surface area contributed by atoms with Gasteiger partial charge < -0.3 is 14.5 Å². The standard InChI is InChI=1S/C24H25N3O4S/c1-17-14-18-15-20(32(25,29)30)12-13-21(18)27(17)24(28)16-26(2)22-10-6-7-11-23(22)31-19-8-4-3-5-9-19/h3-13,15,17H,14,16H2,1-2H3,(H2,25,29,30). The van der Waals surface area contributed by atoms with Gasteiger partial charge in [0.1, 0.15) is 5.75 Å². The largest absolute Gasteiger partial charge is 0.455 e. The minimum absolute atomic E-state index is 0.0573. The topological polar surface area (TPSA) is 92.9 Å². The van der Waals surface area contributed by atoms with Gasteiger partial charge in [0.15, 0.2) is 5.75 Å². The van der Waals surface area contributed by atoms with E-state index in [1.165, 1.54) is 6.07 Å². The molecule has 0 saturated heterocycles. The molecule has 0 spiro atoms. The van der Waals surface area contributed by atoms with E-state index < -0.39 is 10.0 Å². The second-order valence-electron chi connectivity index (χ2n) is 7.89. The lowest BCUT2D eigenvalue weighted by Crippen LogP contribution is -2.42. The Morgan fingerprint density at radius 3 is 2.50 bits per heavy atom. The van der Waals surface area contributed by atoms with Crippen LogP contribution < -0.4 is 19.7 Å². The first kappa shape index (κ1) is 21.9. The Labute approximate surface area is 188 Å². The molecular formula is C24H25N3O4S. The molecule has 0 fully saturated rings. The van der Waals surface area contributed by atoms with Gasteiger partial charge in [-0.2, -0.15) is 0 Å². The summed E-state index contributed by atoms with van der Waals surface area (Å²) in [6, 6.07) is 21.6. The van der Waals surface area contributed by atoms with Gasteiger partial charge in [-0.3, -0.25) is 4.79 Å². The Kier molecular flexibility index (Phi) is 5.90. The lowest BCUT2D eigenvalue weighted by molar-refractivity contribution is -0.117. The van der Waals surface area contributed by atoms with Gasteiger partial charge in [-0.05, 0) is 61.4 Å². The monoisotopic (exact) mass is 451 g/mol. The normalized spacial score (nSPS) is 15.3. The number of amides is 1. The number of benzene rings is 3. The molecule has 1 aliphatic rings. The summed E-state index contributed by atoms with van der Waals surface area (Å²) in [5.41, 5.74) is 2.31. The van der Waals surface area contributed by atoms with Crippen molar-refractivity contribution in [3.05, 3.63) is 78.4 Å². The highest BCUT2D eigenvalue weighted by atomic mass is 32.2. The number of ether oxygens (including phenoxy) is 1. The van der Waals surface area contributed by atoms with Crippen molar-refractivity contribution in [3.63, 3.8) is 0 Å². The van der Waals surface area contributed by atoms with Crippen LogP contribution in [0.25, 0.3) is 0 Å². The number of carbonyl (C=O) groups is 1. The molecule has 1 atom stereocenters. The number of carbonyl (C=O) groups excluding carboxylic acids is 1. The van der Waals surface area contributed by atoms with Crippen molar-refractivity contribution < 1.29 is 17.9 Å². The van der Waals surface area contributed by atoms with Crippen LogP contribution >= 0.6 is 0 Å². The van der Waals surface area contributed by atoms with E-state index in [1.807, 2.05) is 73.5 Å². The third-order valence-electron chi connectivity index (χ3n) is 5.48. The Morgan fingerprint density at radius 2 is 1.78 bits per heavy atom. The highest BCUT2D eigenvalue weighted by Crippen LogP contribution is 2.35. The second kappa shape index (κ2) is 8.64. The van der Waals surface area contributed by atoms with E-state index in [4.69, 9.17) is 9.88 Å². The fraction of sp³-hybridized carbons (Fsp3) is 0.208. The van der Waals surface area contributed by atoms with E-state index in [1.54, 1.807) is 17.0 Å². The van der Waals surface area contributed by atoms with Crippen molar-refractivity contribution in [1.29, 1.82) is 0 Å². The van der Waals surface area contributed by atoms with Gasteiger partial charge in [-0.1, -0.05) is 30.3 Å². The molecule has 0 radical (unpaired) electrons. The van der Waals surface area contributed by atoms with Crippen LogP contribution in [0.3, 0.4) is 0 Å². The van der Waals surface area contributed by atoms with E-state index in [2.05, 4.69) is 0 Å². The first-order valence-electron chi connectivity index (χ1n) is 10.2. The molecule has 3 aromatic carbocycles. The molecule has 1 unspecified atom stereocenters. The number of para-hydroxylation sites is 3. The number of hydrogen-bond donors (Lipinski definition) is 1. The molecule has 1 amide bonds. The van der Waals surface area contributed by atoms with Gasteiger partial charge in [0.2, 0.25) is 15.9 Å². The molecule has 166 valence electrons. The zero-order valence-corrected chi connectivity index (χ0v) is 18.7. The summed E-state index contributed by atoms with van der Waals surface area (Å²) in [7, 11) is -1.95. The summed E-state index contributed by atoms with van der Waals surface area (Å²) in [6.45, 7) is 2.08. The highest BCUT2D eigenvalue weighted by Gasteiger charge is 2.32. The predicted octanol–water partition coefficient (Wildman–Crippen LogP) is 3.54. The highest BCUT2D eigenvalue weighted by molar-refractivity contribution is 7.89. The Balaban J connectivity index is 1.54. The molecule has 0 saturated carbocycles. The molecule has 32 heavy (non-hydrogen) atoms. The van der Waals surface area contributed by atoms with Crippen LogP contribution in [0, 0.1) is 0 Å². The number of primary sulfonamides is 1. The van der Waals surface area contributed by atoms with E-state index in [9.17, 15) is 13.2 Å². The fourth-order valence-electron chi connectivity index (χ4n) is 4.00. The SMILES string of the molecule is CC1Cc2cc(S(N)(=O)=O)ccc2N1C(=O)CN(C)c1ccccc1Oc1ccccc1. The molecule has 0 aliphatic carbocycles. The van der Waals surface area contributed by atoms with Crippen LogP contribution in [-0.2, 0) is 21.2 Å². The first-order chi connectivity index (χ1) is 15.2. The number of sulfonamides is 1. The second-order valence-corrected chi connectivity index (χ2v) is 9.45. The minimum Gasteiger partial charge on any atom is -0.455 e. The lowest BCUT2D eigenvalue weighted by atomic mass is 10.1. The summed E-state index contributed by atoms with van der Waals surface area (Å²) in [6.07, 6.45) is 0.571. The number of fused-ring (bicyclic) bond motifs is 1. The van der Waals surface area contributed by atoms with Crippen LogP contribution in [0.15, 0.2) is 77.7 Å². The maximum Gasteiger partial charge on any atom is 0.246 e. The molecule has 8 heteroatoms.